The molecule has 4 N–H and O–H groups in total. The van der Waals surface area contributed by atoms with Crippen molar-refractivity contribution in [1.82, 2.24) is 31.4 Å². The first-order valence-corrected chi connectivity index (χ1v) is 17.8. The molecule has 2 aromatic carbocycles. The molecule has 0 spiro atoms. The van der Waals surface area contributed by atoms with Crippen LogP contribution in [0.25, 0.3) is 11.3 Å². The number of benzene rings is 2. The highest BCUT2D eigenvalue weighted by Crippen LogP contribution is 2.23. The summed E-state index contributed by atoms with van der Waals surface area (Å²) < 4.78 is 16.0. The third kappa shape index (κ3) is 13.5. The number of hydrogen-bond donors (Lipinski definition) is 4. The number of carbonyl (C=O) groups is 4. The van der Waals surface area contributed by atoms with Gasteiger partial charge in [-0.1, -0.05) is 102 Å². The molecule has 0 unspecified atom stereocenters. The highest BCUT2D eigenvalue weighted by atomic mass is 16.5. The number of nitrogens with zero attached hydrogens (tertiary/aromatic N) is 2. The number of amides is 4. The predicted molar refractivity (Wildman–Crippen MR) is 203 cm³/mol. The summed E-state index contributed by atoms with van der Waals surface area (Å²) >= 11 is 0. The maximum atomic E-state index is 14.0. The SMILES string of the molecule is CCO[C@@H](CN(Cc1ccc(-c2ccccn2)cc1)NC(=O)[C@@H](NC(=O)OC)C(C)(C)C)[C@H](Cc1ccccc1)NC(=O)[C@@H](NC(=O)OC)C(C)(C)C. The lowest BCUT2D eigenvalue weighted by atomic mass is 9.85. The third-order valence-corrected chi connectivity index (χ3v) is 8.56. The Hall–Kier alpha value is -5.01. The van der Waals surface area contributed by atoms with Crippen molar-refractivity contribution in [3.63, 3.8) is 0 Å². The number of hydrogen-bond acceptors (Lipinski definition) is 9. The Balaban J connectivity index is 2.03. The zero-order valence-corrected chi connectivity index (χ0v) is 32.4. The molecule has 288 valence electrons. The van der Waals surface area contributed by atoms with Crippen molar-refractivity contribution in [2.75, 3.05) is 27.4 Å². The number of hydrazine groups is 1. The van der Waals surface area contributed by atoms with E-state index in [9.17, 15) is 19.2 Å². The standard InChI is InChI=1S/C40H56N6O7/c1-10-53-32(31(24-27-16-12-11-13-17-27)42-35(47)33(39(2,3)4)43-37(49)51-8)26-46(45-36(48)34(40(5,6)7)44-38(50)52-9)25-28-19-21-29(22-20-28)30-18-14-15-23-41-30/h11-23,31-34H,10,24-26H2,1-9H3,(H,42,47)(H,43,49)(H,44,50)(H,45,48)/t31-,32-,33+,34+/m0/s1. The Morgan fingerprint density at radius 3 is 1.79 bits per heavy atom. The van der Waals surface area contributed by atoms with Crippen LogP contribution in [0.4, 0.5) is 9.59 Å². The second-order valence-corrected chi connectivity index (χ2v) is 14.9. The molecule has 1 heterocycles. The number of rotatable bonds is 16. The van der Waals surface area contributed by atoms with Gasteiger partial charge in [-0.25, -0.2) is 14.6 Å². The molecule has 0 radical (unpaired) electrons. The fourth-order valence-electron chi connectivity index (χ4n) is 5.75. The number of nitrogens with one attached hydrogen (secondary N) is 4. The van der Waals surface area contributed by atoms with Crippen LogP contribution in [0.1, 0.15) is 59.6 Å². The van der Waals surface area contributed by atoms with Crippen LogP contribution in [0.15, 0.2) is 79.0 Å². The van der Waals surface area contributed by atoms with Crippen molar-refractivity contribution in [1.29, 1.82) is 0 Å². The molecule has 0 aliphatic carbocycles. The van der Waals surface area contributed by atoms with Gasteiger partial charge < -0.3 is 30.2 Å². The van der Waals surface area contributed by atoms with Crippen molar-refractivity contribution in [2.24, 2.45) is 10.8 Å². The average Bonchev–Trinajstić information content (AvgIpc) is 3.12. The second-order valence-electron chi connectivity index (χ2n) is 14.9. The summed E-state index contributed by atoms with van der Waals surface area (Å²) in [4.78, 5) is 57.1. The molecule has 1 aromatic heterocycles. The molecular formula is C40H56N6O7. The maximum Gasteiger partial charge on any atom is 0.407 e. The number of ether oxygens (including phenoxy) is 3. The summed E-state index contributed by atoms with van der Waals surface area (Å²) in [5.74, 6) is -0.869. The molecule has 53 heavy (non-hydrogen) atoms. The van der Waals surface area contributed by atoms with Crippen molar-refractivity contribution >= 4 is 24.0 Å². The zero-order valence-electron chi connectivity index (χ0n) is 32.4. The number of aromatic nitrogens is 1. The van der Waals surface area contributed by atoms with E-state index in [4.69, 9.17) is 14.2 Å². The smallest absolute Gasteiger partial charge is 0.407 e. The van der Waals surface area contributed by atoms with Gasteiger partial charge in [0, 0.05) is 31.5 Å². The van der Waals surface area contributed by atoms with Crippen LogP contribution in [-0.2, 0) is 36.8 Å². The van der Waals surface area contributed by atoms with Crippen molar-refractivity contribution in [3.8, 4) is 11.3 Å². The highest BCUT2D eigenvalue weighted by molar-refractivity contribution is 5.87. The van der Waals surface area contributed by atoms with E-state index in [0.29, 0.717) is 13.0 Å². The van der Waals surface area contributed by atoms with Gasteiger partial charge in [0.25, 0.3) is 5.91 Å². The summed E-state index contributed by atoms with van der Waals surface area (Å²) in [6.07, 6.45) is 0.0167. The fraction of sp³-hybridized carbons (Fsp3) is 0.475. The van der Waals surface area contributed by atoms with E-state index in [-0.39, 0.29) is 13.1 Å². The summed E-state index contributed by atoms with van der Waals surface area (Å²) in [6.45, 7) is 13.6. The minimum Gasteiger partial charge on any atom is -0.453 e. The first-order valence-electron chi connectivity index (χ1n) is 17.8. The lowest BCUT2D eigenvalue weighted by Crippen LogP contribution is -2.61. The van der Waals surface area contributed by atoms with E-state index >= 15 is 0 Å². The molecule has 0 saturated carbocycles. The summed E-state index contributed by atoms with van der Waals surface area (Å²) in [7, 11) is 2.49. The molecule has 0 fully saturated rings. The monoisotopic (exact) mass is 732 g/mol. The van der Waals surface area contributed by atoms with Crippen molar-refractivity contribution in [2.45, 2.75) is 85.7 Å². The minimum absolute atomic E-state index is 0.138. The highest BCUT2D eigenvalue weighted by Gasteiger charge is 2.38. The van der Waals surface area contributed by atoms with E-state index in [1.54, 1.807) is 11.2 Å². The molecule has 0 aliphatic heterocycles. The molecule has 0 bridgehead atoms. The Kier molecular flexibility index (Phi) is 15.8. The first kappa shape index (κ1) is 42.4. The summed E-state index contributed by atoms with van der Waals surface area (Å²) in [5, 5.41) is 10.2. The largest absolute Gasteiger partial charge is 0.453 e. The summed E-state index contributed by atoms with van der Waals surface area (Å²) in [6, 6.07) is 20.8. The van der Waals surface area contributed by atoms with Crippen LogP contribution >= 0.6 is 0 Å². The molecule has 0 saturated heterocycles. The number of carbonyl (C=O) groups excluding carboxylic acids is 4. The van der Waals surface area contributed by atoms with E-state index < -0.39 is 59.1 Å². The third-order valence-electron chi connectivity index (χ3n) is 8.56. The van der Waals surface area contributed by atoms with Gasteiger partial charge in [0.1, 0.15) is 12.1 Å². The van der Waals surface area contributed by atoms with Crippen LogP contribution in [0, 0.1) is 10.8 Å². The predicted octanol–water partition coefficient (Wildman–Crippen LogP) is 5.26. The van der Waals surface area contributed by atoms with Crippen LogP contribution in [0.5, 0.6) is 0 Å². The van der Waals surface area contributed by atoms with Gasteiger partial charge in [-0.2, -0.15) is 0 Å². The van der Waals surface area contributed by atoms with Gasteiger partial charge >= 0.3 is 12.2 Å². The zero-order chi connectivity index (χ0) is 39.2. The first-order chi connectivity index (χ1) is 25.0. The van der Waals surface area contributed by atoms with E-state index in [2.05, 4.69) is 26.4 Å². The number of methoxy groups -OCH3 is 2. The Morgan fingerprint density at radius 1 is 0.717 bits per heavy atom. The second kappa shape index (κ2) is 19.7. The van der Waals surface area contributed by atoms with Crippen LogP contribution in [0.2, 0.25) is 0 Å². The van der Waals surface area contributed by atoms with Gasteiger partial charge in [0.15, 0.2) is 0 Å². The van der Waals surface area contributed by atoms with Gasteiger partial charge in [0.2, 0.25) is 5.91 Å². The Morgan fingerprint density at radius 2 is 1.28 bits per heavy atom. The van der Waals surface area contributed by atoms with Gasteiger partial charge in [-0.05, 0) is 47.4 Å². The molecule has 0 aliphatic rings. The molecule has 3 aromatic rings. The van der Waals surface area contributed by atoms with Gasteiger partial charge in [0.05, 0.1) is 32.1 Å². The molecular weight excluding hydrogens is 676 g/mol. The lowest BCUT2D eigenvalue weighted by molar-refractivity contribution is -0.133. The lowest BCUT2D eigenvalue weighted by Gasteiger charge is -2.37. The maximum absolute atomic E-state index is 14.0. The minimum atomic E-state index is -0.953. The summed E-state index contributed by atoms with van der Waals surface area (Å²) in [5.41, 5.74) is 5.30. The van der Waals surface area contributed by atoms with Crippen LogP contribution < -0.4 is 21.4 Å². The Bertz CT molecular complexity index is 1610. The van der Waals surface area contributed by atoms with E-state index in [0.717, 1.165) is 22.4 Å². The fourth-order valence-corrected chi connectivity index (χ4v) is 5.75. The molecule has 13 heteroatoms. The number of alkyl carbamates (subject to hydrolysis) is 2. The molecule has 3 rings (SSSR count). The van der Waals surface area contributed by atoms with Gasteiger partial charge in [-0.15, -0.1) is 0 Å². The quantitative estimate of drug-likeness (QED) is 0.144. The van der Waals surface area contributed by atoms with Crippen LogP contribution in [0.3, 0.4) is 0 Å². The topological polar surface area (TPSA) is 160 Å². The molecule has 4 atom stereocenters. The van der Waals surface area contributed by atoms with Crippen LogP contribution in [-0.4, -0.2) is 85.6 Å². The van der Waals surface area contributed by atoms with Crippen molar-refractivity contribution in [3.05, 3.63) is 90.1 Å². The Labute approximate surface area is 313 Å². The molecule has 13 nitrogen and oxygen atoms in total. The number of pyridine rings is 1. The van der Waals surface area contributed by atoms with Gasteiger partial charge in [-0.3, -0.25) is 20.0 Å². The van der Waals surface area contributed by atoms with E-state index in [1.807, 2.05) is 121 Å². The molecule has 4 amide bonds. The van der Waals surface area contributed by atoms with Crippen molar-refractivity contribution < 1.29 is 33.4 Å². The van der Waals surface area contributed by atoms with E-state index in [1.165, 1.54) is 14.2 Å². The average molecular weight is 733 g/mol. The normalized spacial score (nSPS) is 13.9.